The Hall–Kier alpha value is -1.53. The first kappa shape index (κ1) is 64.6. The zero-order chi connectivity index (χ0) is 50.9. The van der Waals surface area contributed by atoms with Gasteiger partial charge < -0.3 is 64.2 Å². The van der Waals surface area contributed by atoms with Crippen LogP contribution in [-0.2, 0) is 33.2 Å². The van der Waals surface area contributed by atoms with E-state index in [0.29, 0.717) is 13.0 Å². The van der Waals surface area contributed by atoms with Crippen molar-refractivity contribution in [3.63, 3.8) is 0 Å². The van der Waals surface area contributed by atoms with Gasteiger partial charge in [0.05, 0.1) is 26.4 Å². The van der Waals surface area contributed by atoms with Crippen LogP contribution in [0, 0.1) is 0 Å². The van der Waals surface area contributed by atoms with Crippen LogP contribution in [0.5, 0.6) is 0 Å². The van der Waals surface area contributed by atoms with Gasteiger partial charge in [0.1, 0.15) is 54.9 Å². The topological polar surface area (TPSA) is 214 Å². The molecule has 0 amide bonds. The molecule has 0 aliphatic carbocycles. The van der Waals surface area contributed by atoms with E-state index in [2.05, 4.69) is 38.2 Å². The Morgan fingerprint density at radius 3 is 1.37 bits per heavy atom. The molecule has 0 spiro atoms. The third-order valence-electron chi connectivity index (χ3n) is 13.7. The van der Waals surface area contributed by atoms with Gasteiger partial charge in [0.25, 0.3) is 0 Å². The van der Waals surface area contributed by atoms with Gasteiger partial charge in [0, 0.05) is 13.0 Å². The fraction of sp³-hybridized carbons (Fsp3) is 0.911. The van der Waals surface area contributed by atoms with E-state index in [9.17, 15) is 40.5 Å². The van der Waals surface area contributed by atoms with Crippen LogP contribution in [0.25, 0.3) is 0 Å². The Kier molecular flexibility index (Phi) is 40.4. The quantitative estimate of drug-likeness (QED) is 0.0172. The lowest BCUT2D eigenvalue weighted by atomic mass is 9.98. The molecule has 0 aromatic heterocycles. The van der Waals surface area contributed by atoms with E-state index in [4.69, 9.17) is 28.4 Å². The number of aliphatic hydroxyl groups is 7. The van der Waals surface area contributed by atoms with Crippen molar-refractivity contribution in [3.8, 4) is 0 Å². The van der Waals surface area contributed by atoms with E-state index in [0.717, 1.165) is 44.9 Å². The minimum Gasteiger partial charge on any atom is -0.457 e. The summed E-state index contributed by atoms with van der Waals surface area (Å²) in [6.45, 7) is 3.69. The van der Waals surface area contributed by atoms with E-state index < -0.39 is 80.7 Å². The lowest BCUT2D eigenvalue weighted by Crippen LogP contribution is -2.61. The first-order valence-electron chi connectivity index (χ1n) is 28.4. The maximum absolute atomic E-state index is 13.0. The number of carbonyl (C=O) groups excluding carboxylic acids is 1. The number of aliphatic hydroxyl groups excluding tert-OH is 7. The van der Waals surface area contributed by atoms with Crippen molar-refractivity contribution in [3.05, 3.63) is 24.3 Å². The summed E-state index contributed by atoms with van der Waals surface area (Å²) in [5.74, 6) is -0.375. The smallest absolute Gasteiger partial charge is 0.306 e. The maximum Gasteiger partial charge on any atom is 0.306 e. The zero-order valence-corrected chi connectivity index (χ0v) is 44.0. The minimum atomic E-state index is -1.70. The summed E-state index contributed by atoms with van der Waals surface area (Å²) in [6.07, 6.45) is 32.6. The van der Waals surface area contributed by atoms with Crippen molar-refractivity contribution in [1.29, 1.82) is 0 Å². The number of hydrogen-bond acceptors (Lipinski definition) is 14. The third kappa shape index (κ3) is 30.6. The molecule has 11 atom stereocenters. The second kappa shape index (κ2) is 43.8. The number of esters is 1. The molecule has 0 saturated carbocycles. The molecule has 412 valence electrons. The summed E-state index contributed by atoms with van der Waals surface area (Å²) >= 11 is 0. The SMILES string of the molecule is CCCCCCC/C=C\C/C=C\CCCCCCCCCCCCCCCCOCC(COC1OC(COC2OC(CO)C(O)C(O)C2O)C(O)C(O)C1O)OC(=O)CCCCCCCCCCCC. The van der Waals surface area contributed by atoms with Crippen molar-refractivity contribution in [2.24, 2.45) is 0 Å². The van der Waals surface area contributed by atoms with Crippen LogP contribution < -0.4 is 0 Å². The molecule has 2 saturated heterocycles. The van der Waals surface area contributed by atoms with Gasteiger partial charge in [-0.2, -0.15) is 0 Å². The molecular formula is C56H104O14. The third-order valence-corrected chi connectivity index (χ3v) is 13.7. The van der Waals surface area contributed by atoms with Crippen LogP contribution in [0.4, 0.5) is 0 Å². The van der Waals surface area contributed by atoms with Gasteiger partial charge in [-0.1, -0.05) is 199 Å². The summed E-state index contributed by atoms with van der Waals surface area (Å²) in [6, 6.07) is 0. The molecule has 7 N–H and O–H groups in total. The van der Waals surface area contributed by atoms with Crippen molar-refractivity contribution in [1.82, 2.24) is 0 Å². The number of carbonyl (C=O) groups is 1. The van der Waals surface area contributed by atoms with E-state index in [1.165, 1.54) is 154 Å². The fourth-order valence-corrected chi connectivity index (χ4v) is 9.08. The normalized spacial score (nSPS) is 25.6. The molecule has 2 rings (SSSR count). The second-order valence-electron chi connectivity index (χ2n) is 20.1. The summed E-state index contributed by atoms with van der Waals surface area (Å²) in [7, 11) is 0. The van der Waals surface area contributed by atoms with Crippen LogP contribution in [0.3, 0.4) is 0 Å². The molecule has 70 heavy (non-hydrogen) atoms. The van der Waals surface area contributed by atoms with Gasteiger partial charge in [-0.15, -0.1) is 0 Å². The molecule has 14 heteroatoms. The largest absolute Gasteiger partial charge is 0.457 e. The summed E-state index contributed by atoms with van der Waals surface area (Å²) < 4.78 is 34.3. The highest BCUT2D eigenvalue weighted by atomic mass is 16.7. The fourth-order valence-electron chi connectivity index (χ4n) is 9.08. The van der Waals surface area contributed by atoms with Gasteiger partial charge in [0.2, 0.25) is 0 Å². The number of unbranched alkanes of at least 4 members (excludes halogenated alkanes) is 28. The Balaban J connectivity index is 1.64. The van der Waals surface area contributed by atoms with E-state index in [1.807, 2.05) is 0 Å². The Morgan fingerprint density at radius 1 is 0.471 bits per heavy atom. The van der Waals surface area contributed by atoms with Crippen LogP contribution in [-0.4, -0.2) is 142 Å². The predicted octanol–water partition coefficient (Wildman–Crippen LogP) is 9.58. The predicted molar refractivity (Wildman–Crippen MR) is 275 cm³/mol. The number of allylic oxidation sites excluding steroid dienone is 4. The minimum absolute atomic E-state index is 0.0657. The zero-order valence-electron chi connectivity index (χ0n) is 44.0. The van der Waals surface area contributed by atoms with E-state index in [-0.39, 0.29) is 25.6 Å². The van der Waals surface area contributed by atoms with Gasteiger partial charge in [-0.3, -0.25) is 4.79 Å². The van der Waals surface area contributed by atoms with E-state index >= 15 is 0 Å². The van der Waals surface area contributed by atoms with Crippen LogP contribution >= 0.6 is 0 Å². The molecule has 2 aliphatic rings. The monoisotopic (exact) mass is 1000 g/mol. The number of hydrogen-bond donors (Lipinski definition) is 7. The van der Waals surface area contributed by atoms with Crippen LogP contribution in [0.1, 0.15) is 226 Å². The highest BCUT2D eigenvalue weighted by Crippen LogP contribution is 2.27. The molecular weight excluding hydrogens is 897 g/mol. The molecule has 0 bridgehead atoms. The lowest BCUT2D eigenvalue weighted by molar-refractivity contribution is -0.332. The van der Waals surface area contributed by atoms with E-state index in [1.54, 1.807) is 0 Å². The summed E-state index contributed by atoms with van der Waals surface area (Å²) in [5.41, 5.74) is 0. The standard InChI is InChI=1S/C56H104O14/c1-3-5-7-9-11-13-15-16-17-18-19-20-21-22-23-24-25-26-27-28-29-30-32-34-36-38-40-65-42-45(68-48(58)39-37-35-33-31-14-12-10-8-6-4-2)43-66-55-54(64)52(62)50(60)47(70-55)44-67-56-53(63)51(61)49(59)46(41-57)69-56/h15-16,18-19,45-47,49-57,59-64H,3-14,17,20-44H2,1-2H3/b16-15-,19-18-. The molecule has 2 heterocycles. The van der Waals surface area contributed by atoms with Crippen molar-refractivity contribution < 1.29 is 69.0 Å². The van der Waals surface area contributed by atoms with Crippen molar-refractivity contribution in [2.45, 2.75) is 293 Å². The molecule has 11 unspecified atom stereocenters. The molecule has 0 aromatic carbocycles. The van der Waals surface area contributed by atoms with Crippen LogP contribution in [0.2, 0.25) is 0 Å². The molecule has 2 fully saturated rings. The maximum atomic E-state index is 13.0. The summed E-state index contributed by atoms with van der Waals surface area (Å²) in [5, 5.41) is 72.2. The second-order valence-corrected chi connectivity index (χ2v) is 20.1. The number of rotatable bonds is 46. The molecule has 0 aromatic rings. The summed E-state index contributed by atoms with van der Waals surface area (Å²) in [4.78, 5) is 13.0. The van der Waals surface area contributed by atoms with Gasteiger partial charge in [0.15, 0.2) is 12.6 Å². The first-order chi connectivity index (χ1) is 34.1. The molecule has 2 aliphatic heterocycles. The molecule has 0 radical (unpaired) electrons. The van der Waals surface area contributed by atoms with Crippen LogP contribution in [0.15, 0.2) is 24.3 Å². The average molecular weight is 1000 g/mol. The van der Waals surface area contributed by atoms with Gasteiger partial charge >= 0.3 is 5.97 Å². The average Bonchev–Trinajstić information content (AvgIpc) is 3.36. The number of ether oxygens (including phenoxy) is 6. The highest BCUT2D eigenvalue weighted by molar-refractivity contribution is 5.69. The Morgan fingerprint density at radius 2 is 0.886 bits per heavy atom. The van der Waals surface area contributed by atoms with Gasteiger partial charge in [-0.05, 0) is 44.9 Å². The van der Waals surface area contributed by atoms with Gasteiger partial charge in [-0.25, -0.2) is 0 Å². The Bertz CT molecular complexity index is 1250. The lowest BCUT2D eigenvalue weighted by Gasteiger charge is -2.42. The highest BCUT2D eigenvalue weighted by Gasteiger charge is 2.47. The van der Waals surface area contributed by atoms with Crippen molar-refractivity contribution >= 4 is 5.97 Å². The van der Waals surface area contributed by atoms with Crippen molar-refractivity contribution in [2.75, 3.05) is 33.0 Å². The first-order valence-corrected chi connectivity index (χ1v) is 28.4. The Labute approximate surface area is 424 Å². The molecule has 14 nitrogen and oxygen atoms in total.